The van der Waals surface area contributed by atoms with Crippen LogP contribution in [0.15, 0.2) is 72.7 Å². The second kappa shape index (κ2) is 8.28. The molecule has 3 aromatic rings. The van der Waals surface area contributed by atoms with Gasteiger partial charge in [-0.1, -0.05) is 42.0 Å². The number of aliphatic hydroxyl groups excluding tert-OH is 1. The van der Waals surface area contributed by atoms with E-state index < -0.39 is 54.0 Å². The largest absolute Gasteiger partial charge is 0.508 e. The normalized spacial score (nSPS) is 21.3. The van der Waals surface area contributed by atoms with Gasteiger partial charge in [0.05, 0.1) is 23.5 Å². The first kappa shape index (κ1) is 15.6. The molecule has 1 aliphatic heterocycles. The molecular weight excluding hydrogens is 381 g/mol. The van der Waals surface area contributed by atoms with Gasteiger partial charge in [-0.25, -0.2) is 4.39 Å². The molecule has 30 heavy (non-hydrogen) atoms. The maximum atomic E-state index is 14.1. The molecule has 0 spiro atoms. The van der Waals surface area contributed by atoms with Gasteiger partial charge < -0.3 is 15.1 Å². The van der Waals surface area contributed by atoms with E-state index in [1.807, 2.05) is 31.2 Å². The topological polar surface area (TPSA) is 60.8 Å². The lowest BCUT2D eigenvalue weighted by Gasteiger charge is -2.48. The maximum absolute atomic E-state index is 14.1. The molecule has 4 rings (SSSR count). The summed E-state index contributed by atoms with van der Waals surface area (Å²) in [6.45, 7) is 1.95. The van der Waals surface area contributed by atoms with E-state index in [9.17, 15) is 19.4 Å². The Morgan fingerprint density at radius 3 is 2.33 bits per heavy atom. The molecule has 1 heterocycles. The van der Waals surface area contributed by atoms with E-state index >= 15 is 0 Å². The molecule has 0 aromatic heterocycles. The van der Waals surface area contributed by atoms with Crippen LogP contribution in [0.3, 0.4) is 0 Å². The van der Waals surface area contributed by atoms with Gasteiger partial charge >= 0.3 is 0 Å². The number of carbonyl (C=O) groups is 1. The highest BCUT2D eigenvalue weighted by Crippen LogP contribution is 2.46. The van der Waals surface area contributed by atoms with Crippen molar-refractivity contribution in [3.63, 3.8) is 0 Å². The number of carbonyl (C=O) groups excluding carboxylic acids is 1. The lowest BCUT2D eigenvalue weighted by Crippen LogP contribution is -2.55. The van der Waals surface area contributed by atoms with Gasteiger partial charge in [-0.15, -0.1) is 0 Å². The summed E-state index contributed by atoms with van der Waals surface area (Å²) in [6, 6.07) is 9.98. The van der Waals surface area contributed by atoms with Crippen LogP contribution in [0, 0.1) is 18.7 Å². The summed E-state index contributed by atoms with van der Waals surface area (Å²) in [4.78, 5) is 14.4. The van der Waals surface area contributed by atoms with Crippen LogP contribution in [0.1, 0.15) is 47.2 Å². The van der Waals surface area contributed by atoms with Gasteiger partial charge in [-0.05, 0) is 67.2 Å². The van der Waals surface area contributed by atoms with Crippen molar-refractivity contribution in [1.29, 1.82) is 0 Å². The van der Waals surface area contributed by atoms with Crippen molar-refractivity contribution < 1.29 is 24.9 Å². The summed E-state index contributed by atoms with van der Waals surface area (Å²) in [5.41, 5.74) is 2.13. The fourth-order valence-corrected chi connectivity index (χ4v) is 3.84. The molecule has 0 saturated carbocycles. The average Bonchev–Trinajstić information content (AvgIpc) is 2.83. The third kappa shape index (κ3) is 3.94. The monoisotopic (exact) mass is 409 g/mol. The van der Waals surface area contributed by atoms with E-state index in [4.69, 9.17) is 5.48 Å². The fraction of sp³-hybridized carbons (Fsp3) is 0.240. The van der Waals surface area contributed by atoms with Gasteiger partial charge in [0.15, 0.2) is 0 Å². The molecule has 3 aromatic carbocycles. The molecule has 4 nitrogen and oxygen atoms in total. The van der Waals surface area contributed by atoms with Crippen LogP contribution >= 0.6 is 0 Å². The number of aromatic hydroxyl groups is 1. The lowest BCUT2D eigenvalue weighted by molar-refractivity contribution is -0.131. The van der Waals surface area contributed by atoms with Crippen molar-refractivity contribution in [3.8, 4) is 5.75 Å². The maximum Gasteiger partial charge on any atom is 0.233 e. The first-order valence-electron chi connectivity index (χ1n) is 11.7. The third-order valence-electron chi connectivity index (χ3n) is 5.48. The molecule has 2 N–H and O–H groups in total. The number of amides is 1. The van der Waals surface area contributed by atoms with Crippen LogP contribution in [0.4, 0.5) is 10.1 Å². The first-order chi connectivity index (χ1) is 16.1. The van der Waals surface area contributed by atoms with Crippen LogP contribution in [-0.4, -0.2) is 16.1 Å². The number of phenolic OH excluding ortho intramolecular Hbond substituents is 1. The van der Waals surface area contributed by atoms with Gasteiger partial charge in [-0.3, -0.25) is 4.79 Å². The predicted molar refractivity (Wildman–Crippen MR) is 114 cm³/mol. The summed E-state index contributed by atoms with van der Waals surface area (Å²) in [5.74, 6) is -2.28. The predicted octanol–water partition coefficient (Wildman–Crippen LogP) is 5.06. The van der Waals surface area contributed by atoms with Gasteiger partial charge in [0.1, 0.15) is 11.6 Å². The van der Waals surface area contributed by atoms with Gasteiger partial charge in [0.25, 0.3) is 0 Å². The van der Waals surface area contributed by atoms with E-state index in [0.29, 0.717) is 18.4 Å². The number of aliphatic hydroxyl groups is 1. The van der Waals surface area contributed by atoms with E-state index in [1.54, 1.807) is 12.1 Å². The van der Waals surface area contributed by atoms with Crippen LogP contribution in [0.2, 0.25) is 0 Å². The number of hydrogen-bond donors (Lipinski definition) is 2. The summed E-state index contributed by atoms with van der Waals surface area (Å²) in [6.07, 6.45) is -0.189. The van der Waals surface area contributed by atoms with E-state index in [-0.39, 0.29) is 11.4 Å². The minimum absolute atomic E-state index is 0.0262. The Bertz CT molecular complexity index is 1210. The average molecular weight is 409 g/mol. The SMILES string of the molecule is [2H]c1c([2H])c(N2C(=O)[C@H](CC[C@H](O)c3ccc(C)cc3)[C@H]2c2ccc(O)cc2)c([2H])c([2H])c1F. The van der Waals surface area contributed by atoms with E-state index in [2.05, 4.69) is 0 Å². The van der Waals surface area contributed by atoms with E-state index in [0.717, 1.165) is 16.0 Å². The number of nitrogens with zero attached hydrogens (tertiary/aromatic N) is 1. The smallest absolute Gasteiger partial charge is 0.233 e. The van der Waals surface area contributed by atoms with Crippen molar-refractivity contribution >= 4 is 11.6 Å². The number of hydrogen-bond acceptors (Lipinski definition) is 3. The molecule has 1 aliphatic rings. The van der Waals surface area contributed by atoms with Crippen LogP contribution in [0.25, 0.3) is 0 Å². The number of aryl methyl sites for hydroxylation is 1. The molecule has 1 fully saturated rings. The van der Waals surface area contributed by atoms with Crippen molar-refractivity contribution in [3.05, 3.63) is 95.2 Å². The Labute approximate surface area is 180 Å². The molecule has 0 aliphatic carbocycles. The molecule has 1 saturated heterocycles. The van der Waals surface area contributed by atoms with Crippen LogP contribution in [-0.2, 0) is 4.79 Å². The Kier molecular flexibility index (Phi) is 4.32. The van der Waals surface area contributed by atoms with Crippen molar-refractivity contribution in [2.45, 2.75) is 31.9 Å². The minimum Gasteiger partial charge on any atom is -0.508 e. The Morgan fingerprint density at radius 1 is 1.07 bits per heavy atom. The van der Waals surface area contributed by atoms with Gasteiger partial charge in [-0.2, -0.15) is 0 Å². The zero-order valence-corrected chi connectivity index (χ0v) is 16.4. The van der Waals surface area contributed by atoms with Gasteiger partial charge in [0.2, 0.25) is 5.91 Å². The number of benzene rings is 3. The number of β-lactam (4-membered cyclic amide) rings is 1. The fourth-order valence-electron chi connectivity index (χ4n) is 3.84. The standard InChI is InChI=1S/C25H24FNO3/c1-16-2-4-17(5-3-16)23(29)15-14-22-24(18-6-12-21(28)13-7-18)27(25(22)30)20-10-8-19(26)9-11-20/h2-13,22-24,28-29H,14-15H2,1H3/t22-,23+,24-/m1/s1/i8D,9D,10D,11D. The summed E-state index contributed by atoms with van der Waals surface area (Å²) < 4.78 is 46.1. The minimum atomic E-state index is -1.27. The molecule has 3 atom stereocenters. The van der Waals surface area contributed by atoms with Crippen LogP contribution < -0.4 is 4.90 Å². The lowest BCUT2D eigenvalue weighted by atomic mass is 9.78. The van der Waals surface area contributed by atoms with Gasteiger partial charge in [0, 0.05) is 5.69 Å². The molecule has 5 heteroatoms. The Morgan fingerprint density at radius 2 is 1.70 bits per heavy atom. The molecule has 0 radical (unpaired) electrons. The van der Waals surface area contributed by atoms with Crippen molar-refractivity contribution in [1.82, 2.24) is 0 Å². The highest BCUT2D eigenvalue weighted by Gasteiger charge is 2.48. The second-order valence-corrected chi connectivity index (χ2v) is 7.52. The third-order valence-corrected chi connectivity index (χ3v) is 5.48. The highest BCUT2D eigenvalue weighted by atomic mass is 19.1. The number of rotatable bonds is 6. The first-order valence-corrected chi connectivity index (χ1v) is 9.74. The molecule has 0 unspecified atom stereocenters. The molecular formula is C25H24FNO3. The molecule has 1 amide bonds. The highest BCUT2D eigenvalue weighted by molar-refractivity contribution is 6.03. The zero-order valence-electron chi connectivity index (χ0n) is 20.4. The number of anilines is 1. The number of halogens is 1. The van der Waals surface area contributed by atoms with Crippen molar-refractivity contribution in [2.24, 2.45) is 5.92 Å². The molecule has 154 valence electrons. The van der Waals surface area contributed by atoms with E-state index in [1.165, 1.54) is 12.1 Å². The van der Waals surface area contributed by atoms with Crippen LogP contribution in [0.5, 0.6) is 5.75 Å². The zero-order chi connectivity index (χ0) is 24.7. The second-order valence-electron chi connectivity index (χ2n) is 7.52. The summed E-state index contributed by atoms with van der Waals surface area (Å²) in [5, 5.41) is 20.3. The Hall–Kier alpha value is -3.18. The van der Waals surface area contributed by atoms with Crippen molar-refractivity contribution in [2.75, 3.05) is 4.90 Å². The number of phenols is 1. The molecule has 0 bridgehead atoms. The Balaban J connectivity index is 1.67. The quantitative estimate of drug-likeness (QED) is 0.560. The summed E-state index contributed by atoms with van der Waals surface area (Å²) >= 11 is 0. The summed E-state index contributed by atoms with van der Waals surface area (Å²) in [7, 11) is 0.